The fraction of sp³-hybridized carbons (Fsp3) is 0.550. The lowest BCUT2D eigenvalue weighted by molar-refractivity contribution is -0.163. The maximum Gasteiger partial charge on any atom is 0.353 e. The van der Waals surface area contributed by atoms with E-state index in [-0.39, 0.29) is 40.7 Å². The van der Waals surface area contributed by atoms with Gasteiger partial charge in [0.05, 0.1) is 24.1 Å². The number of fused-ring (bicyclic) bond motifs is 1. The van der Waals surface area contributed by atoms with Crippen LogP contribution >= 0.6 is 11.8 Å². The van der Waals surface area contributed by atoms with Crippen molar-refractivity contribution in [1.29, 1.82) is 0 Å². The second-order valence-corrected chi connectivity index (χ2v) is 9.56. The summed E-state index contributed by atoms with van der Waals surface area (Å²) in [6.45, 7) is 5.78. The van der Waals surface area contributed by atoms with Gasteiger partial charge in [0.15, 0.2) is 0 Å². The van der Waals surface area contributed by atoms with Gasteiger partial charge in [-0.2, -0.15) is 0 Å². The third-order valence-corrected chi connectivity index (χ3v) is 7.55. The number of carboxylic acids is 1. The molecule has 0 spiro atoms. The van der Waals surface area contributed by atoms with E-state index < -0.39 is 24.0 Å². The normalized spacial score (nSPS) is 30.8. The number of aliphatic hydroxyl groups is 1. The molecule has 0 bridgehead atoms. The molecule has 4 N–H and O–H groups in total. The molecule has 0 radical (unpaired) electrons. The summed E-state index contributed by atoms with van der Waals surface area (Å²) >= 11 is 1.40. The van der Waals surface area contributed by atoms with Gasteiger partial charge in [-0.1, -0.05) is 6.92 Å². The van der Waals surface area contributed by atoms with Crippen molar-refractivity contribution in [3.8, 4) is 0 Å². The van der Waals surface area contributed by atoms with Gasteiger partial charge < -0.3 is 20.4 Å². The second-order valence-electron chi connectivity index (χ2n) is 8.22. The number of nitrogens with zero attached hydrogens (tertiary/aromatic N) is 3. The van der Waals surface area contributed by atoms with Crippen LogP contribution in [0, 0.1) is 18.8 Å². The van der Waals surface area contributed by atoms with Gasteiger partial charge in [-0.25, -0.2) is 14.8 Å². The van der Waals surface area contributed by atoms with E-state index in [4.69, 9.17) is 0 Å². The van der Waals surface area contributed by atoms with E-state index in [0.29, 0.717) is 17.9 Å². The summed E-state index contributed by atoms with van der Waals surface area (Å²) in [7, 11) is 0. The summed E-state index contributed by atoms with van der Waals surface area (Å²) in [6.07, 6.45) is 1.25. The van der Waals surface area contributed by atoms with Crippen molar-refractivity contribution in [2.45, 2.75) is 50.6 Å². The number of aliphatic hydroxyl groups excluding tert-OH is 1. The average Bonchev–Trinajstić information content (AvgIpc) is 3.24. The van der Waals surface area contributed by atoms with E-state index in [2.05, 4.69) is 20.6 Å². The summed E-state index contributed by atoms with van der Waals surface area (Å²) in [6, 6.07) is 0.951. The molecule has 4 heterocycles. The zero-order valence-corrected chi connectivity index (χ0v) is 18.2. The minimum Gasteiger partial charge on any atom is -0.477 e. The van der Waals surface area contributed by atoms with Crippen LogP contribution in [0.15, 0.2) is 22.9 Å². The lowest BCUT2D eigenvalue weighted by atomic mass is 9.79. The Hall–Kier alpha value is -2.50. The number of amides is 2. The van der Waals surface area contributed by atoms with E-state index in [1.54, 1.807) is 19.2 Å². The predicted octanol–water partition coefficient (Wildman–Crippen LogP) is 0.341. The minimum absolute atomic E-state index is 0.00506. The van der Waals surface area contributed by atoms with E-state index in [1.165, 1.54) is 16.7 Å². The third kappa shape index (κ3) is 3.81. The number of hydrogen-bond donors (Lipinski definition) is 4. The largest absolute Gasteiger partial charge is 0.477 e. The molecule has 6 atom stereocenters. The van der Waals surface area contributed by atoms with Gasteiger partial charge in [-0.3, -0.25) is 14.9 Å². The van der Waals surface area contributed by atoms with Gasteiger partial charge in [0.1, 0.15) is 5.70 Å². The zero-order chi connectivity index (χ0) is 22.4. The smallest absolute Gasteiger partial charge is 0.353 e. The lowest BCUT2D eigenvalue weighted by Gasteiger charge is -2.46. The molecule has 2 fully saturated rings. The number of aliphatic carboxylic acids is 1. The van der Waals surface area contributed by atoms with E-state index in [1.807, 2.05) is 13.8 Å². The Bertz CT molecular complexity index is 967. The summed E-state index contributed by atoms with van der Waals surface area (Å²) in [5, 5.41) is 25.5. The monoisotopic (exact) mass is 447 g/mol. The molecule has 3 aliphatic rings. The highest BCUT2D eigenvalue weighted by molar-refractivity contribution is 8.03. The van der Waals surface area contributed by atoms with Gasteiger partial charge in [0.25, 0.3) is 0 Å². The van der Waals surface area contributed by atoms with Crippen LogP contribution in [-0.4, -0.2) is 72.8 Å². The molecular formula is C20H25N5O5S. The number of nitrogens with one attached hydrogen (secondary N) is 2. The van der Waals surface area contributed by atoms with Crippen LogP contribution in [0.2, 0.25) is 0 Å². The molecule has 1 aromatic rings. The molecule has 1 aromatic heterocycles. The van der Waals surface area contributed by atoms with Crippen LogP contribution in [0.3, 0.4) is 0 Å². The highest BCUT2D eigenvalue weighted by Crippen LogP contribution is 2.51. The van der Waals surface area contributed by atoms with Gasteiger partial charge >= 0.3 is 5.97 Å². The van der Waals surface area contributed by atoms with E-state index >= 15 is 0 Å². The van der Waals surface area contributed by atoms with Gasteiger partial charge in [-0.15, -0.1) is 11.8 Å². The van der Waals surface area contributed by atoms with Crippen molar-refractivity contribution in [2.75, 3.05) is 11.9 Å². The topological polar surface area (TPSA) is 145 Å². The molecule has 3 aliphatic heterocycles. The first-order chi connectivity index (χ1) is 14.7. The first-order valence-electron chi connectivity index (χ1n) is 10.2. The first kappa shape index (κ1) is 21.7. The second kappa shape index (κ2) is 8.21. The van der Waals surface area contributed by atoms with Crippen LogP contribution in [0.1, 0.15) is 26.0 Å². The Kier molecular flexibility index (Phi) is 5.75. The number of thioether (sulfide) groups is 1. The Labute approximate surface area is 183 Å². The Morgan fingerprint density at radius 2 is 2.16 bits per heavy atom. The third-order valence-electron chi connectivity index (χ3n) is 6.04. The van der Waals surface area contributed by atoms with Crippen molar-refractivity contribution in [1.82, 2.24) is 20.2 Å². The Morgan fingerprint density at radius 1 is 1.42 bits per heavy atom. The first-order valence-corrected chi connectivity index (χ1v) is 11.1. The number of carboxylic acid groups (broad SMARTS) is 1. The number of anilines is 1. The van der Waals surface area contributed by atoms with E-state index in [0.717, 1.165) is 5.69 Å². The Balaban J connectivity index is 1.44. The SMILES string of the molecule is Cc1ccnc(NC(=O)[C@@H]2C[C@H](SC3=C(C(=O)O)N4C(=O)[C@H]([C@@H](C)O)C4C3C)CN2)n1. The average molecular weight is 448 g/mol. The van der Waals surface area contributed by atoms with Crippen molar-refractivity contribution in [3.05, 3.63) is 28.6 Å². The molecule has 2 saturated heterocycles. The van der Waals surface area contributed by atoms with Crippen LogP contribution in [0.4, 0.5) is 5.95 Å². The van der Waals surface area contributed by atoms with Crippen molar-refractivity contribution in [2.24, 2.45) is 11.8 Å². The summed E-state index contributed by atoms with van der Waals surface area (Å²) in [5.41, 5.74) is 0.751. The molecule has 4 rings (SSSR count). The number of carbonyl (C=O) groups is 3. The quantitative estimate of drug-likeness (QED) is 0.454. The molecule has 11 heteroatoms. The highest BCUT2D eigenvalue weighted by Gasteiger charge is 2.60. The van der Waals surface area contributed by atoms with Crippen LogP contribution in [0.5, 0.6) is 0 Å². The maximum absolute atomic E-state index is 12.6. The van der Waals surface area contributed by atoms with E-state index in [9.17, 15) is 24.6 Å². The van der Waals surface area contributed by atoms with Crippen LogP contribution in [-0.2, 0) is 14.4 Å². The summed E-state index contributed by atoms with van der Waals surface area (Å²) in [5.74, 6) is -2.27. The number of aryl methyl sites for hydroxylation is 1. The zero-order valence-electron chi connectivity index (χ0n) is 17.4. The highest BCUT2D eigenvalue weighted by atomic mass is 32.2. The lowest BCUT2D eigenvalue weighted by Crippen LogP contribution is -2.63. The number of hydrogen-bond acceptors (Lipinski definition) is 8. The predicted molar refractivity (Wildman–Crippen MR) is 113 cm³/mol. The number of aromatic nitrogens is 2. The number of carbonyl (C=O) groups excluding carboxylic acids is 2. The molecule has 0 saturated carbocycles. The fourth-order valence-electron chi connectivity index (χ4n) is 4.56. The molecule has 10 nitrogen and oxygen atoms in total. The van der Waals surface area contributed by atoms with Crippen molar-refractivity contribution < 1.29 is 24.6 Å². The minimum atomic E-state index is -1.15. The summed E-state index contributed by atoms with van der Waals surface area (Å²) in [4.78, 5) is 47.1. The van der Waals surface area contributed by atoms with Gasteiger partial charge in [0, 0.05) is 34.5 Å². The molecule has 0 aromatic carbocycles. The molecule has 2 amide bonds. The Morgan fingerprint density at radius 3 is 2.81 bits per heavy atom. The molecule has 0 aliphatic carbocycles. The van der Waals surface area contributed by atoms with Crippen molar-refractivity contribution in [3.63, 3.8) is 0 Å². The van der Waals surface area contributed by atoms with Gasteiger partial charge in [-0.05, 0) is 26.3 Å². The molecule has 31 heavy (non-hydrogen) atoms. The standard InChI is InChI=1S/C20H25N5O5S/c1-8-4-5-21-20(23-8)24-17(27)12-6-11(7-22-12)31-16-9(2)14-13(10(3)26)18(28)25(14)15(16)19(29)30/h4-5,9-14,22,26H,6-7H2,1-3H3,(H,29,30)(H,21,23,24,27)/t9?,10-,11+,12+,13-,14?/m1/s1. The molecule has 2 unspecified atom stereocenters. The summed E-state index contributed by atoms with van der Waals surface area (Å²) < 4.78 is 0. The molecular weight excluding hydrogens is 422 g/mol. The van der Waals surface area contributed by atoms with Crippen LogP contribution in [0.25, 0.3) is 0 Å². The van der Waals surface area contributed by atoms with Gasteiger partial charge in [0.2, 0.25) is 17.8 Å². The number of β-lactam (4-membered cyclic amide) rings is 1. The maximum atomic E-state index is 12.6. The molecule has 166 valence electrons. The van der Waals surface area contributed by atoms with Crippen LogP contribution < -0.4 is 10.6 Å². The fourth-order valence-corrected chi connectivity index (χ4v) is 6.04. The number of rotatable bonds is 6. The van der Waals surface area contributed by atoms with Crippen molar-refractivity contribution >= 4 is 35.5 Å².